The second kappa shape index (κ2) is 11.4. The molecule has 3 atom stereocenters. The van der Waals surface area contributed by atoms with Crippen LogP contribution in [0.15, 0.2) is 40.0 Å². The number of carbonyl (C=O) groups is 3. The topological polar surface area (TPSA) is 105 Å². The Bertz CT molecular complexity index is 962. The first-order valence-corrected chi connectivity index (χ1v) is 12.6. The van der Waals surface area contributed by atoms with Gasteiger partial charge in [0.1, 0.15) is 0 Å². The van der Waals surface area contributed by atoms with Crippen LogP contribution in [0.25, 0.3) is 0 Å². The number of nitrogens with one attached hydrogen (secondary N) is 1. The zero-order chi connectivity index (χ0) is 24.0. The lowest BCUT2D eigenvalue weighted by atomic mass is 9.82. The molecule has 9 heteroatoms. The largest absolute Gasteiger partial charge is 0.408 e. The molecule has 0 unspecified atom stereocenters. The molecule has 0 radical (unpaired) electrons. The highest BCUT2D eigenvalue weighted by molar-refractivity contribution is 7.98. The molecule has 1 saturated carbocycles. The van der Waals surface area contributed by atoms with E-state index in [9.17, 15) is 14.4 Å². The molecule has 1 aromatic heterocycles. The van der Waals surface area contributed by atoms with Crippen LogP contribution in [0.1, 0.15) is 67.0 Å². The molecule has 1 fully saturated rings. The molecule has 8 nitrogen and oxygen atoms in total. The van der Waals surface area contributed by atoms with Crippen molar-refractivity contribution >= 4 is 29.4 Å². The number of benzene rings is 1. The number of hydrogen-bond donors (Lipinski definition) is 1. The van der Waals surface area contributed by atoms with Gasteiger partial charge in [0.2, 0.25) is 11.7 Å². The first kappa shape index (κ1) is 25.0. The number of ketones is 1. The van der Waals surface area contributed by atoms with E-state index in [1.807, 2.05) is 32.0 Å². The van der Waals surface area contributed by atoms with Gasteiger partial charge in [-0.25, -0.2) is 0 Å². The van der Waals surface area contributed by atoms with Crippen molar-refractivity contribution in [3.05, 3.63) is 41.8 Å². The predicted octanol–water partition coefficient (Wildman–Crippen LogP) is 3.84. The van der Waals surface area contributed by atoms with E-state index < -0.39 is 6.04 Å². The zero-order valence-corrected chi connectivity index (χ0v) is 20.4. The zero-order valence-electron chi connectivity index (χ0n) is 19.6. The Kier molecular flexibility index (Phi) is 8.66. The molecule has 1 aromatic carbocycles. The van der Waals surface area contributed by atoms with E-state index in [-0.39, 0.29) is 41.4 Å². The van der Waals surface area contributed by atoms with Gasteiger partial charge in [-0.2, -0.15) is 0 Å². The van der Waals surface area contributed by atoms with Gasteiger partial charge in [-0.05, 0) is 43.6 Å². The Labute approximate surface area is 198 Å². The third-order valence-electron chi connectivity index (χ3n) is 6.04. The predicted molar refractivity (Wildman–Crippen MR) is 126 cm³/mol. The summed E-state index contributed by atoms with van der Waals surface area (Å²) in [5.41, 5.74) is 0.596. The second-order valence-electron chi connectivity index (χ2n) is 8.87. The van der Waals surface area contributed by atoms with E-state index in [2.05, 4.69) is 15.5 Å². The summed E-state index contributed by atoms with van der Waals surface area (Å²) < 4.78 is 5.41. The van der Waals surface area contributed by atoms with E-state index in [1.54, 1.807) is 30.3 Å². The fourth-order valence-corrected chi connectivity index (χ4v) is 4.62. The number of rotatable bonds is 9. The average Bonchev–Trinajstić information content (AvgIpc) is 3.32. The van der Waals surface area contributed by atoms with Gasteiger partial charge in [0, 0.05) is 18.7 Å². The Balaban J connectivity index is 1.76. The van der Waals surface area contributed by atoms with Gasteiger partial charge < -0.3 is 14.6 Å². The average molecular weight is 473 g/mol. The lowest BCUT2D eigenvalue weighted by Gasteiger charge is -2.37. The van der Waals surface area contributed by atoms with Crippen LogP contribution >= 0.6 is 11.8 Å². The first-order valence-electron chi connectivity index (χ1n) is 11.4. The maximum absolute atomic E-state index is 13.4. The Hall–Kier alpha value is -2.68. The molecule has 1 heterocycles. The summed E-state index contributed by atoms with van der Waals surface area (Å²) in [6, 6.07) is 8.09. The summed E-state index contributed by atoms with van der Waals surface area (Å²) in [4.78, 5) is 41.1. The van der Waals surface area contributed by atoms with E-state index in [0.717, 1.165) is 19.3 Å². The van der Waals surface area contributed by atoms with Crippen molar-refractivity contribution in [1.82, 2.24) is 20.4 Å². The Morgan fingerprint density at radius 2 is 1.85 bits per heavy atom. The van der Waals surface area contributed by atoms with Gasteiger partial charge in [-0.15, -0.1) is 10.2 Å². The quantitative estimate of drug-likeness (QED) is 0.437. The minimum absolute atomic E-state index is 0.0955. The molecular formula is C24H32N4O4S. The molecule has 1 aliphatic rings. The third kappa shape index (κ3) is 6.22. The van der Waals surface area contributed by atoms with Crippen molar-refractivity contribution < 1.29 is 18.8 Å². The molecule has 1 N–H and O–H groups in total. The molecular weight excluding hydrogens is 440 g/mol. The monoisotopic (exact) mass is 472 g/mol. The van der Waals surface area contributed by atoms with Crippen LogP contribution in [0.2, 0.25) is 0 Å². The molecule has 178 valence electrons. The molecule has 2 aromatic rings. The van der Waals surface area contributed by atoms with Crippen molar-refractivity contribution in [3.8, 4) is 0 Å². The number of Topliss-reactive ketones (excluding diaryl/α,β-unsaturated/α-hetero) is 1. The highest BCUT2D eigenvalue weighted by Crippen LogP contribution is 2.29. The minimum Gasteiger partial charge on any atom is -0.408 e. The van der Waals surface area contributed by atoms with Crippen LogP contribution in [0.4, 0.5) is 0 Å². The van der Waals surface area contributed by atoms with Crippen LogP contribution in [-0.2, 0) is 4.79 Å². The van der Waals surface area contributed by atoms with Crippen LogP contribution in [0.3, 0.4) is 0 Å². The van der Waals surface area contributed by atoms with Gasteiger partial charge in [0.25, 0.3) is 17.0 Å². The lowest BCUT2D eigenvalue weighted by molar-refractivity contribution is -0.128. The second-order valence-corrected chi connectivity index (χ2v) is 9.63. The van der Waals surface area contributed by atoms with E-state index in [4.69, 9.17) is 4.42 Å². The number of amides is 2. The maximum atomic E-state index is 13.4. The summed E-state index contributed by atoms with van der Waals surface area (Å²) in [5, 5.41) is 10.9. The maximum Gasteiger partial charge on any atom is 0.286 e. The van der Waals surface area contributed by atoms with Crippen LogP contribution < -0.4 is 5.32 Å². The minimum atomic E-state index is -0.759. The molecule has 0 spiro atoms. The SMILES string of the molecule is CSc1nnc(C(=O)[C@H](CC(C)C)NC(=O)[C@@H]2CCCC[C@@H]2N(C)C(=O)c2ccccc2)o1. The standard InChI is InChI=1S/C24H32N4O4S/c1-15(2)14-18(20(29)22-26-27-24(32-22)33-4)25-21(30)17-12-8-9-13-19(17)28(3)23(31)16-10-6-5-7-11-16/h5-7,10-11,15,17-19H,8-9,12-14H2,1-4H3,(H,25,30)/t17-,18+,19+/m1/s1. The number of aromatic nitrogens is 2. The van der Waals surface area contributed by atoms with E-state index >= 15 is 0 Å². The fourth-order valence-electron chi connectivity index (χ4n) is 4.34. The van der Waals surface area contributed by atoms with Gasteiger partial charge in [-0.3, -0.25) is 14.4 Å². The highest BCUT2D eigenvalue weighted by atomic mass is 32.2. The Morgan fingerprint density at radius 1 is 1.15 bits per heavy atom. The smallest absolute Gasteiger partial charge is 0.286 e. The van der Waals surface area contributed by atoms with Crippen molar-refractivity contribution in [2.24, 2.45) is 11.8 Å². The van der Waals surface area contributed by atoms with E-state index in [0.29, 0.717) is 23.6 Å². The summed E-state index contributed by atoms with van der Waals surface area (Å²) >= 11 is 1.26. The number of nitrogens with zero attached hydrogens (tertiary/aromatic N) is 3. The van der Waals surface area contributed by atoms with Crippen LogP contribution in [-0.4, -0.2) is 58.1 Å². The van der Waals surface area contributed by atoms with Gasteiger partial charge in [0.05, 0.1) is 12.0 Å². The molecule has 0 saturated heterocycles. The van der Waals surface area contributed by atoms with Crippen molar-refractivity contribution in [3.63, 3.8) is 0 Å². The molecule has 1 aliphatic carbocycles. The third-order valence-corrected chi connectivity index (χ3v) is 6.55. The Morgan fingerprint density at radius 3 is 2.48 bits per heavy atom. The fraction of sp³-hybridized carbons (Fsp3) is 0.542. The number of thioether (sulfide) groups is 1. The molecule has 2 amide bonds. The van der Waals surface area contributed by atoms with Crippen molar-refractivity contribution in [2.75, 3.05) is 13.3 Å². The summed E-state index contributed by atoms with van der Waals surface area (Å²) in [7, 11) is 1.75. The first-order chi connectivity index (χ1) is 15.8. The van der Waals surface area contributed by atoms with Crippen molar-refractivity contribution in [1.29, 1.82) is 0 Å². The molecule has 33 heavy (non-hydrogen) atoms. The normalized spacial score (nSPS) is 19.2. The highest BCUT2D eigenvalue weighted by Gasteiger charge is 2.38. The van der Waals surface area contributed by atoms with Gasteiger partial charge in [0.15, 0.2) is 0 Å². The van der Waals surface area contributed by atoms with Crippen molar-refractivity contribution in [2.45, 2.75) is 63.3 Å². The summed E-state index contributed by atoms with van der Waals surface area (Å²) in [5.74, 6) is -1.01. The van der Waals surface area contributed by atoms with Crippen LogP contribution in [0.5, 0.6) is 0 Å². The summed E-state index contributed by atoms with van der Waals surface area (Å²) in [6.45, 7) is 3.98. The lowest BCUT2D eigenvalue weighted by Crippen LogP contribution is -2.52. The summed E-state index contributed by atoms with van der Waals surface area (Å²) in [6.07, 6.45) is 5.52. The van der Waals surface area contributed by atoms with Crippen LogP contribution in [0, 0.1) is 11.8 Å². The number of hydrogen-bond acceptors (Lipinski definition) is 7. The molecule has 3 rings (SSSR count). The molecule has 0 aliphatic heterocycles. The van der Waals surface area contributed by atoms with Gasteiger partial charge >= 0.3 is 0 Å². The van der Waals surface area contributed by atoms with E-state index in [1.165, 1.54) is 11.8 Å². The number of carbonyl (C=O) groups excluding carboxylic acids is 3. The molecule has 0 bridgehead atoms. The van der Waals surface area contributed by atoms with Gasteiger partial charge in [-0.1, -0.05) is 56.7 Å².